The standard InChI is InChI=1S/C10H13N3S/c1-9-5-7-12-10(13-9)14-8-4-2-3-6-11/h5,7H,2-4,8H2,1H3. The second-order valence-electron chi connectivity index (χ2n) is 2.94. The first-order valence-electron chi connectivity index (χ1n) is 4.62. The zero-order valence-electron chi connectivity index (χ0n) is 8.23. The van der Waals surface area contributed by atoms with Gasteiger partial charge in [0, 0.05) is 24.1 Å². The van der Waals surface area contributed by atoms with E-state index < -0.39 is 0 Å². The third-order valence-electron chi connectivity index (χ3n) is 1.69. The van der Waals surface area contributed by atoms with Crippen LogP contribution < -0.4 is 0 Å². The molecular formula is C10H13N3S. The van der Waals surface area contributed by atoms with Crippen molar-refractivity contribution < 1.29 is 0 Å². The molecule has 0 unspecified atom stereocenters. The molecule has 0 saturated heterocycles. The number of aryl methyl sites for hydroxylation is 1. The summed E-state index contributed by atoms with van der Waals surface area (Å²) in [5, 5.41) is 9.17. The Morgan fingerprint density at radius 2 is 2.36 bits per heavy atom. The monoisotopic (exact) mass is 207 g/mol. The molecule has 14 heavy (non-hydrogen) atoms. The number of nitrogens with zero attached hydrogens (tertiary/aromatic N) is 3. The van der Waals surface area contributed by atoms with Crippen LogP contribution in [0.15, 0.2) is 17.4 Å². The molecule has 0 radical (unpaired) electrons. The maximum Gasteiger partial charge on any atom is 0.187 e. The SMILES string of the molecule is Cc1ccnc(SCCCCC#N)n1. The molecule has 4 heteroatoms. The first-order valence-corrected chi connectivity index (χ1v) is 5.61. The summed E-state index contributed by atoms with van der Waals surface area (Å²) in [5.41, 5.74) is 1.000. The van der Waals surface area contributed by atoms with Crippen LogP contribution in [0.1, 0.15) is 25.0 Å². The second kappa shape index (κ2) is 6.39. The lowest BCUT2D eigenvalue weighted by Gasteiger charge is -1.99. The Hall–Kier alpha value is -1.08. The van der Waals surface area contributed by atoms with Gasteiger partial charge in [-0.1, -0.05) is 11.8 Å². The lowest BCUT2D eigenvalue weighted by molar-refractivity contribution is 0.826. The number of hydrogen-bond donors (Lipinski definition) is 0. The molecule has 1 aromatic rings. The van der Waals surface area contributed by atoms with Gasteiger partial charge in [0.15, 0.2) is 5.16 Å². The van der Waals surface area contributed by atoms with Gasteiger partial charge in [-0.25, -0.2) is 9.97 Å². The van der Waals surface area contributed by atoms with Gasteiger partial charge in [0.1, 0.15) is 0 Å². The van der Waals surface area contributed by atoms with Crippen molar-refractivity contribution in [3.05, 3.63) is 18.0 Å². The van der Waals surface area contributed by atoms with E-state index in [9.17, 15) is 0 Å². The van der Waals surface area contributed by atoms with E-state index in [0.717, 1.165) is 29.4 Å². The van der Waals surface area contributed by atoms with Gasteiger partial charge < -0.3 is 0 Å². The Bertz CT molecular complexity index is 319. The summed E-state index contributed by atoms with van der Waals surface area (Å²) in [6, 6.07) is 4.02. The van der Waals surface area contributed by atoms with Crippen molar-refractivity contribution in [3.63, 3.8) is 0 Å². The topological polar surface area (TPSA) is 49.6 Å². The van der Waals surface area contributed by atoms with E-state index in [4.69, 9.17) is 5.26 Å². The van der Waals surface area contributed by atoms with Crippen molar-refractivity contribution >= 4 is 11.8 Å². The van der Waals surface area contributed by atoms with E-state index in [2.05, 4.69) is 16.0 Å². The Kier molecular flexibility index (Phi) is 5.02. The smallest absolute Gasteiger partial charge is 0.187 e. The lowest BCUT2D eigenvalue weighted by Crippen LogP contribution is -1.89. The minimum atomic E-state index is 0.648. The van der Waals surface area contributed by atoms with E-state index in [1.807, 2.05) is 13.0 Å². The third-order valence-corrected chi connectivity index (χ3v) is 2.63. The number of unbranched alkanes of at least 4 members (excludes halogenated alkanes) is 2. The molecule has 0 saturated carbocycles. The molecule has 1 aromatic heterocycles. The van der Waals surface area contributed by atoms with Crippen LogP contribution in [0.4, 0.5) is 0 Å². The van der Waals surface area contributed by atoms with E-state index in [1.165, 1.54) is 0 Å². The maximum atomic E-state index is 8.34. The minimum Gasteiger partial charge on any atom is -0.231 e. The van der Waals surface area contributed by atoms with Crippen molar-refractivity contribution in [1.29, 1.82) is 5.26 Å². The van der Waals surface area contributed by atoms with Crippen LogP contribution in [-0.2, 0) is 0 Å². The Labute approximate surface area is 88.6 Å². The fraction of sp³-hybridized carbons (Fsp3) is 0.500. The normalized spacial score (nSPS) is 9.71. The van der Waals surface area contributed by atoms with Crippen LogP contribution in [0, 0.1) is 18.3 Å². The number of aromatic nitrogens is 2. The summed E-state index contributed by atoms with van der Waals surface area (Å²) in [6.45, 7) is 1.96. The van der Waals surface area contributed by atoms with Crippen LogP contribution in [0.25, 0.3) is 0 Å². The number of nitriles is 1. The fourth-order valence-electron chi connectivity index (χ4n) is 0.965. The van der Waals surface area contributed by atoms with Crippen LogP contribution in [0.5, 0.6) is 0 Å². The molecule has 0 amide bonds. The van der Waals surface area contributed by atoms with E-state index in [0.29, 0.717) is 6.42 Å². The molecular weight excluding hydrogens is 194 g/mol. The van der Waals surface area contributed by atoms with Gasteiger partial charge in [0.05, 0.1) is 6.07 Å². The average molecular weight is 207 g/mol. The molecule has 74 valence electrons. The van der Waals surface area contributed by atoms with Gasteiger partial charge >= 0.3 is 0 Å². The van der Waals surface area contributed by atoms with Crippen LogP contribution in [0.2, 0.25) is 0 Å². The van der Waals surface area contributed by atoms with Crippen LogP contribution >= 0.6 is 11.8 Å². The average Bonchev–Trinajstić information content (AvgIpc) is 2.18. The minimum absolute atomic E-state index is 0.648. The predicted molar refractivity (Wildman–Crippen MR) is 57.0 cm³/mol. The van der Waals surface area contributed by atoms with Gasteiger partial charge in [-0.15, -0.1) is 0 Å². The van der Waals surface area contributed by atoms with Crippen molar-refractivity contribution in [2.75, 3.05) is 5.75 Å². The summed E-state index contributed by atoms with van der Waals surface area (Å²) in [6.07, 6.45) is 4.44. The molecule has 0 aromatic carbocycles. The van der Waals surface area contributed by atoms with Crippen molar-refractivity contribution in [2.45, 2.75) is 31.3 Å². The molecule has 0 N–H and O–H groups in total. The second-order valence-corrected chi connectivity index (χ2v) is 4.01. The first kappa shape index (κ1) is 11.0. The number of rotatable bonds is 5. The van der Waals surface area contributed by atoms with Crippen molar-refractivity contribution in [1.82, 2.24) is 9.97 Å². The van der Waals surface area contributed by atoms with Gasteiger partial charge in [-0.2, -0.15) is 5.26 Å². The number of hydrogen-bond acceptors (Lipinski definition) is 4. The van der Waals surface area contributed by atoms with Gasteiger partial charge in [-0.3, -0.25) is 0 Å². The molecule has 0 aliphatic carbocycles. The van der Waals surface area contributed by atoms with E-state index >= 15 is 0 Å². The molecule has 0 aliphatic rings. The highest BCUT2D eigenvalue weighted by Crippen LogP contribution is 2.14. The summed E-state index contributed by atoms with van der Waals surface area (Å²) >= 11 is 1.65. The third kappa shape index (κ3) is 4.24. The first-order chi connectivity index (χ1) is 6.83. The zero-order chi connectivity index (χ0) is 10.2. The van der Waals surface area contributed by atoms with Gasteiger partial charge in [0.25, 0.3) is 0 Å². The highest BCUT2D eigenvalue weighted by molar-refractivity contribution is 7.99. The molecule has 1 rings (SSSR count). The summed E-state index contributed by atoms with van der Waals surface area (Å²) in [4.78, 5) is 8.42. The van der Waals surface area contributed by atoms with Crippen LogP contribution in [0.3, 0.4) is 0 Å². The van der Waals surface area contributed by atoms with Gasteiger partial charge in [0.2, 0.25) is 0 Å². The van der Waals surface area contributed by atoms with Crippen molar-refractivity contribution in [2.24, 2.45) is 0 Å². The summed E-state index contributed by atoms with van der Waals surface area (Å²) < 4.78 is 0. The molecule has 0 bridgehead atoms. The largest absolute Gasteiger partial charge is 0.231 e. The molecule has 0 atom stereocenters. The molecule has 3 nitrogen and oxygen atoms in total. The van der Waals surface area contributed by atoms with Gasteiger partial charge in [-0.05, 0) is 25.8 Å². The Morgan fingerprint density at radius 3 is 3.07 bits per heavy atom. The van der Waals surface area contributed by atoms with E-state index in [1.54, 1.807) is 18.0 Å². The predicted octanol–water partition coefficient (Wildman–Crippen LogP) is 2.57. The Balaban J connectivity index is 2.22. The molecule has 0 aliphatic heterocycles. The zero-order valence-corrected chi connectivity index (χ0v) is 9.05. The highest BCUT2D eigenvalue weighted by Gasteiger charge is 1.96. The molecule has 0 fully saturated rings. The number of thioether (sulfide) groups is 1. The maximum absolute atomic E-state index is 8.34. The summed E-state index contributed by atoms with van der Waals surface area (Å²) in [5.74, 6) is 0.991. The fourth-order valence-corrected chi connectivity index (χ4v) is 1.84. The molecule has 0 spiro atoms. The quantitative estimate of drug-likeness (QED) is 0.423. The molecule has 1 heterocycles. The highest BCUT2D eigenvalue weighted by atomic mass is 32.2. The Morgan fingerprint density at radius 1 is 1.50 bits per heavy atom. The lowest BCUT2D eigenvalue weighted by atomic mass is 10.3. The van der Waals surface area contributed by atoms with Crippen molar-refractivity contribution in [3.8, 4) is 6.07 Å². The van der Waals surface area contributed by atoms with Crippen LogP contribution in [-0.4, -0.2) is 15.7 Å². The summed E-state index contributed by atoms with van der Waals surface area (Å²) in [7, 11) is 0. The van der Waals surface area contributed by atoms with E-state index in [-0.39, 0.29) is 0 Å².